The zero-order chi connectivity index (χ0) is 41.4. The number of ether oxygens (including phenoxy) is 2. The van der Waals surface area contributed by atoms with Crippen molar-refractivity contribution in [1.29, 1.82) is 0 Å². The number of hydrogen-bond donors (Lipinski definition) is 0. The topological polar surface area (TPSA) is 111 Å². The normalized spacial score (nSPS) is 14.3. The minimum Gasteiger partial charge on any atom is -0.756 e. The Morgan fingerprint density at radius 2 is 1.04 bits per heavy atom. The first-order chi connectivity index (χ1) is 27.0. The SMILES string of the molecule is CC/C=C/C/C=C/C/C=C/CCCCCCCC(=O)OC[C@H](COP(=O)([O-])OCC[N+](C)(C)C)OC(=O)CCC/C=C/C/C=C/C/C=C/CCCCCCCC. The summed E-state index contributed by atoms with van der Waals surface area (Å²) < 4.78 is 33.8. The molecule has 0 aromatic heterocycles. The van der Waals surface area contributed by atoms with E-state index in [0.717, 1.165) is 70.6 Å². The second kappa shape index (κ2) is 38.0. The lowest BCUT2D eigenvalue weighted by atomic mass is 10.1. The van der Waals surface area contributed by atoms with Gasteiger partial charge in [0.05, 0.1) is 27.7 Å². The Morgan fingerprint density at radius 1 is 0.571 bits per heavy atom. The zero-order valence-corrected chi connectivity index (χ0v) is 36.9. The number of phosphoric ester groups is 1. The van der Waals surface area contributed by atoms with Crippen molar-refractivity contribution < 1.29 is 42.1 Å². The molecular weight excluding hydrogens is 725 g/mol. The molecular formula is C46H80NO8P. The summed E-state index contributed by atoms with van der Waals surface area (Å²) in [5, 5.41) is 0. The number of hydrogen-bond acceptors (Lipinski definition) is 8. The highest BCUT2D eigenvalue weighted by Crippen LogP contribution is 2.38. The van der Waals surface area contributed by atoms with Gasteiger partial charge in [0.1, 0.15) is 19.8 Å². The van der Waals surface area contributed by atoms with Gasteiger partial charge in [0.25, 0.3) is 7.82 Å². The average Bonchev–Trinajstić information content (AvgIpc) is 3.15. The number of carbonyl (C=O) groups excluding carboxylic acids is 2. The average molecular weight is 806 g/mol. The van der Waals surface area contributed by atoms with Crippen molar-refractivity contribution in [3.8, 4) is 0 Å². The maximum absolute atomic E-state index is 12.6. The highest BCUT2D eigenvalue weighted by atomic mass is 31.2. The molecule has 322 valence electrons. The first kappa shape index (κ1) is 53.5. The van der Waals surface area contributed by atoms with Crippen LogP contribution in [0, 0.1) is 0 Å². The standard InChI is InChI=1S/C46H80NO8P/c1-6-8-10-12-14-16-18-20-22-23-25-27-29-31-33-35-37-39-46(49)55-44(43-54-56(50,51)53-41-40-47(3,4)5)42-52-45(48)38-36-34-32-30-28-26-24-21-19-17-15-13-11-9-7-2/h9,11,15,17,20-22,24-25,27,31,33,44H,6-8,10,12-14,16,18-19,23,26,28-30,32,34-43H2,1-5H3/b11-9+,17-15+,22-20+,24-21+,27-25+,33-31+/t44-/m1/s1. The molecule has 9 nitrogen and oxygen atoms in total. The highest BCUT2D eigenvalue weighted by Gasteiger charge is 2.21. The van der Waals surface area contributed by atoms with Crippen LogP contribution in [0.1, 0.15) is 155 Å². The molecule has 0 fully saturated rings. The Balaban J connectivity index is 4.50. The summed E-state index contributed by atoms with van der Waals surface area (Å²) >= 11 is 0. The fourth-order valence-corrected chi connectivity index (χ4v) is 6.06. The van der Waals surface area contributed by atoms with Gasteiger partial charge in [-0.05, 0) is 77.0 Å². The number of phosphoric acid groups is 1. The number of carbonyl (C=O) groups is 2. The molecule has 0 heterocycles. The Bertz CT molecular complexity index is 1180. The molecule has 0 amide bonds. The summed E-state index contributed by atoms with van der Waals surface area (Å²) in [5.41, 5.74) is 0. The van der Waals surface area contributed by atoms with E-state index in [9.17, 15) is 19.0 Å². The lowest BCUT2D eigenvalue weighted by Crippen LogP contribution is -2.37. The minimum absolute atomic E-state index is 0.0465. The molecule has 2 atom stereocenters. The molecule has 56 heavy (non-hydrogen) atoms. The van der Waals surface area contributed by atoms with Gasteiger partial charge in [-0.1, -0.05) is 138 Å². The van der Waals surface area contributed by atoms with Gasteiger partial charge < -0.3 is 27.9 Å². The van der Waals surface area contributed by atoms with Crippen molar-refractivity contribution >= 4 is 19.8 Å². The number of likely N-dealkylation sites (N-methyl/N-ethyl adjacent to an activating group) is 1. The van der Waals surface area contributed by atoms with Gasteiger partial charge in [0.15, 0.2) is 6.10 Å². The Hall–Kier alpha value is -2.55. The summed E-state index contributed by atoms with van der Waals surface area (Å²) in [7, 11) is 1.11. The van der Waals surface area contributed by atoms with Crippen molar-refractivity contribution in [2.45, 2.75) is 161 Å². The van der Waals surface area contributed by atoms with E-state index in [1.807, 2.05) is 27.2 Å². The highest BCUT2D eigenvalue weighted by molar-refractivity contribution is 7.45. The monoisotopic (exact) mass is 806 g/mol. The lowest BCUT2D eigenvalue weighted by Gasteiger charge is -2.28. The number of unbranched alkanes of at least 4 members (excludes halogenated alkanes) is 12. The van der Waals surface area contributed by atoms with Crippen LogP contribution >= 0.6 is 7.82 Å². The van der Waals surface area contributed by atoms with Crippen LogP contribution in [-0.4, -0.2) is 70.0 Å². The number of rotatable bonds is 38. The molecule has 0 radical (unpaired) electrons. The molecule has 0 aliphatic heterocycles. The molecule has 1 unspecified atom stereocenters. The van der Waals surface area contributed by atoms with Gasteiger partial charge in [-0.25, -0.2) is 0 Å². The summed E-state index contributed by atoms with van der Waals surface area (Å²) in [6.07, 6.45) is 46.5. The van der Waals surface area contributed by atoms with Crippen molar-refractivity contribution in [2.24, 2.45) is 0 Å². The van der Waals surface area contributed by atoms with Crippen LogP contribution < -0.4 is 4.89 Å². The summed E-state index contributed by atoms with van der Waals surface area (Å²) in [6, 6.07) is 0. The van der Waals surface area contributed by atoms with Crippen LogP contribution in [0.4, 0.5) is 0 Å². The predicted octanol–water partition coefficient (Wildman–Crippen LogP) is 11.6. The second-order valence-electron chi connectivity index (χ2n) is 15.3. The van der Waals surface area contributed by atoms with Crippen molar-refractivity contribution in [2.75, 3.05) is 47.5 Å². The smallest absolute Gasteiger partial charge is 0.306 e. The van der Waals surface area contributed by atoms with Gasteiger partial charge in [0, 0.05) is 12.8 Å². The maximum Gasteiger partial charge on any atom is 0.306 e. The maximum atomic E-state index is 12.6. The van der Waals surface area contributed by atoms with Crippen molar-refractivity contribution in [3.05, 3.63) is 72.9 Å². The van der Waals surface area contributed by atoms with E-state index in [-0.39, 0.29) is 26.1 Å². The Kier molecular flexibility index (Phi) is 36.3. The van der Waals surface area contributed by atoms with Gasteiger partial charge in [-0.3, -0.25) is 14.2 Å². The molecule has 0 aliphatic carbocycles. The molecule has 0 N–H and O–H groups in total. The first-order valence-corrected chi connectivity index (χ1v) is 23.1. The molecule has 0 saturated carbocycles. The number of nitrogens with zero attached hydrogens (tertiary/aromatic N) is 1. The number of esters is 2. The van der Waals surface area contributed by atoms with Gasteiger partial charge >= 0.3 is 11.9 Å². The van der Waals surface area contributed by atoms with E-state index in [0.29, 0.717) is 30.3 Å². The van der Waals surface area contributed by atoms with Crippen LogP contribution in [0.5, 0.6) is 0 Å². The van der Waals surface area contributed by atoms with Crippen LogP contribution in [0.15, 0.2) is 72.9 Å². The van der Waals surface area contributed by atoms with Crippen LogP contribution in [0.25, 0.3) is 0 Å². The van der Waals surface area contributed by atoms with E-state index in [1.165, 1.54) is 38.5 Å². The Labute approximate surface area is 342 Å². The molecule has 0 aromatic carbocycles. The molecule has 0 spiro atoms. The number of allylic oxidation sites excluding steroid dienone is 12. The largest absolute Gasteiger partial charge is 0.756 e. The molecule has 0 aliphatic rings. The van der Waals surface area contributed by atoms with Gasteiger partial charge in [-0.15, -0.1) is 0 Å². The van der Waals surface area contributed by atoms with Gasteiger partial charge in [-0.2, -0.15) is 0 Å². The van der Waals surface area contributed by atoms with Gasteiger partial charge in [0.2, 0.25) is 0 Å². The van der Waals surface area contributed by atoms with E-state index in [2.05, 4.69) is 80.7 Å². The number of quaternary nitrogens is 1. The van der Waals surface area contributed by atoms with E-state index in [1.54, 1.807) is 0 Å². The summed E-state index contributed by atoms with van der Waals surface area (Å²) in [6.45, 7) is 4.01. The molecule has 0 saturated heterocycles. The fraction of sp³-hybridized carbons (Fsp3) is 0.696. The zero-order valence-electron chi connectivity index (χ0n) is 36.1. The van der Waals surface area contributed by atoms with E-state index < -0.39 is 32.5 Å². The van der Waals surface area contributed by atoms with Crippen LogP contribution in [-0.2, 0) is 32.7 Å². The van der Waals surface area contributed by atoms with Crippen molar-refractivity contribution in [3.63, 3.8) is 0 Å². The minimum atomic E-state index is -4.64. The third-order valence-electron chi connectivity index (χ3n) is 8.71. The summed E-state index contributed by atoms with van der Waals surface area (Å²) in [4.78, 5) is 37.5. The molecule has 0 aromatic rings. The lowest BCUT2D eigenvalue weighted by molar-refractivity contribution is -0.870. The van der Waals surface area contributed by atoms with Crippen LogP contribution in [0.3, 0.4) is 0 Å². The molecule has 0 rings (SSSR count). The third-order valence-corrected chi connectivity index (χ3v) is 9.67. The Morgan fingerprint density at radius 3 is 1.57 bits per heavy atom. The first-order valence-electron chi connectivity index (χ1n) is 21.6. The second-order valence-corrected chi connectivity index (χ2v) is 16.7. The van der Waals surface area contributed by atoms with Crippen LogP contribution in [0.2, 0.25) is 0 Å². The fourth-order valence-electron chi connectivity index (χ4n) is 5.33. The predicted molar refractivity (Wildman–Crippen MR) is 231 cm³/mol. The van der Waals surface area contributed by atoms with E-state index in [4.69, 9.17) is 18.5 Å². The molecule has 10 heteroatoms. The van der Waals surface area contributed by atoms with Crippen molar-refractivity contribution in [1.82, 2.24) is 0 Å². The summed E-state index contributed by atoms with van der Waals surface area (Å²) in [5.74, 6) is -0.923. The molecule has 0 bridgehead atoms. The third kappa shape index (κ3) is 41.1. The quantitative estimate of drug-likeness (QED) is 0.0199. The van der Waals surface area contributed by atoms with E-state index >= 15 is 0 Å².